The fourth-order valence-electron chi connectivity index (χ4n) is 2.48. The third-order valence-electron chi connectivity index (χ3n) is 3.83. The summed E-state index contributed by atoms with van der Waals surface area (Å²) in [6.45, 7) is 6.50. The highest BCUT2D eigenvalue weighted by molar-refractivity contribution is 6.31. The molecule has 3 N–H and O–H groups in total. The number of nitrogens with one attached hydrogen (secondary N) is 1. The number of hydrogen-bond acceptors (Lipinski definition) is 3. The number of benzene rings is 1. The van der Waals surface area contributed by atoms with Gasteiger partial charge in [0.05, 0.1) is 16.4 Å². The lowest BCUT2D eigenvalue weighted by Gasteiger charge is -2.31. The Morgan fingerprint density at radius 3 is 2.74 bits per heavy atom. The minimum absolute atomic E-state index is 0.109. The molecule has 0 amide bonds. The van der Waals surface area contributed by atoms with Gasteiger partial charge in [-0.2, -0.15) is 0 Å². The van der Waals surface area contributed by atoms with Gasteiger partial charge in [-0.3, -0.25) is 0 Å². The third-order valence-corrected chi connectivity index (χ3v) is 4.12. The Labute approximate surface area is 118 Å². The molecule has 1 aromatic rings. The highest BCUT2D eigenvalue weighted by Gasteiger charge is 2.18. The van der Waals surface area contributed by atoms with Crippen molar-refractivity contribution in [3.8, 4) is 0 Å². The Hall–Kier alpha value is -1.00. The lowest BCUT2D eigenvalue weighted by molar-refractivity contribution is 0.198. The summed E-state index contributed by atoms with van der Waals surface area (Å²) in [6.07, 6.45) is 2.38. The van der Waals surface area contributed by atoms with Crippen LogP contribution in [0.4, 0.5) is 15.8 Å². The van der Waals surface area contributed by atoms with Crippen LogP contribution in [0.1, 0.15) is 19.8 Å². The van der Waals surface area contributed by atoms with Crippen LogP contribution in [0.25, 0.3) is 0 Å². The predicted octanol–water partition coefficient (Wildman–Crippen LogP) is 3.21. The van der Waals surface area contributed by atoms with Crippen LogP contribution in [0.2, 0.25) is 5.02 Å². The Bertz CT molecular complexity index is 431. The molecule has 0 radical (unpaired) electrons. The van der Waals surface area contributed by atoms with E-state index in [0.29, 0.717) is 11.6 Å². The molecule has 0 bridgehead atoms. The zero-order chi connectivity index (χ0) is 13.8. The van der Waals surface area contributed by atoms with E-state index in [1.54, 1.807) is 6.07 Å². The van der Waals surface area contributed by atoms with E-state index >= 15 is 0 Å². The number of anilines is 2. The van der Waals surface area contributed by atoms with Crippen molar-refractivity contribution in [3.05, 3.63) is 23.0 Å². The van der Waals surface area contributed by atoms with E-state index in [0.717, 1.165) is 31.9 Å². The van der Waals surface area contributed by atoms with Crippen LogP contribution in [0, 0.1) is 11.7 Å². The zero-order valence-corrected chi connectivity index (χ0v) is 12.0. The molecule has 1 heterocycles. The molecule has 5 heteroatoms. The first-order valence-electron chi connectivity index (χ1n) is 6.81. The van der Waals surface area contributed by atoms with E-state index in [9.17, 15) is 4.39 Å². The number of nitrogens with zero attached hydrogens (tertiary/aromatic N) is 1. The van der Waals surface area contributed by atoms with Crippen molar-refractivity contribution in [1.29, 1.82) is 0 Å². The molecule has 1 aliphatic rings. The first-order chi connectivity index (χ1) is 9.10. The smallest absolute Gasteiger partial charge is 0.143 e. The van der Waals surface area contributed by atoms with E-state index in [-0.39, 0.29) is 5.02 Å². The molecule has 0 saturated carbocycles. The van der Waals surface area contributed by atoms with Crippen molar-refractivity contribution < 1.29 is 4.39 Å². The van der Waals surface area contributed by atoms with Crippen LogP contribution in [0.3, 0.4) is 0 Å². The van der Waals surface area contributed by atoms with Gasteiger partial charge >= 0.3 is 0 Å². The molecule has 0 unspecified atom stereocenters. The summed E-state index contributed by atoms with van der Waals surface area (Å²) in [5.74, 6) is 0.173. The average Bonchev–Trinajstić information content (AvgIpc) is 2.42. The highest BCUT2D eigenvalue weighted by atomic mass is 35.5. The Balaban J connectivity index is 1.88. The van der Waals surface area contributed by atoms with E-state index in [1.807, 2.05) is 0 Å². The topological polar surface area (TPSA) is 41.3 Å². The van der Waals surface area contributed by atoms with E-state index in [1.165, 1.54) is 18.9 Å². The van der Waals surface area contributed by atoms with Gasteiger partial charge in [-0.05, 0) is 44.5 Å². The van der Waals surface area contributed by atoms with Crippen molar-refractivity contribution >= 4 is 23.0 Å². The van der Waals surface area contributed by atoms with Gasteiger partial charge in [0.15, 0.2) is 0 Å². The van der Waals surface area contributed by atoms with E-state index in [2.05, 4.69) is 17.1 Å². The maximum Gasteiger partial charge on any atom is 0.143 e. The molecule has 0 aromatic heterocycles. The highest BCUT2D eigenvalue weighted by Crippen LogP contribution is 2.27. The largest absolute Gasteiger partial charge is 0.397 e. The van der Waals surface area contributed by atoms with Gasteiger partial charge in [0, 0.05) is 12.6 Å². The molecule has 1 aromatic carbocycles. The van der Waals surface area contributed by atoms with Crippen molar-refractivity contribution in [1.82, 2.24) is 4.90 Å². The predicted molar refractivity (Wildman–Crippen MR) is 79.2 cm³/mol. The average molecular weight is 286 g/mol. The third kappa shape index (κ3) is 3.74. The number of halogens is 2. The fourth-order valence-corrected chi connectivity index (χ4v) is 2.64. The van der Waals surface area contributed by atoms with Gasteiger partial charge in [-0.15, -0.1) is 0 Å². The summed E-state index contributed by atoms with van der Waals surface area (Å²) >= 11 is 5.77. The van der Waals surface area contributed by atoms with Gasteiger partial charge in [0.25, 0.3) is 0 Å². The summed E-state index contributed by atoms with van der Waals surface area (Å²) in [7, 11) is 0. The van der Waals surface area contributed by atoms with Gasteiger partial charge in [0.2, 0.25) is 0 Å². The minimum Gasteiger partial charge on any atom is -0.397 e. The van der Waals surface area contributed by atoms with Gasteiger partial charge in [-0.1, -0.05) is 18.5 Å². The second-order valence-electron chi connectivity index (χ2n) is 5.11. The Kier molecular flexibility index (Phi) is 4.88. The molecule has 2 rings (SSSR count). The number of hydrogen-bond donors (Lipinski definition) is 2. The number of nitrogens with two attached hydrogens (primary N) is 1. The van der Waals surface area contributed by atoms with Crippen LogP contribution in [0.5, 0.6) is 0 Å². The van der Waals surface area contributed by atoms with Crippen LogP contribution < -0.4 is 11.1 Å². The molecule has 19 heavy (non-hydrogen) atoms. The zero-order valence-electron chi connectivity index (χ0n) is 11.3. The summed E-state index contributed by atoms with van der Waals surface area (Å²) in [4.78, 5) is 2.46. The molecule has 1 aliphatic heterocycles. The van der Waals surface area contributed by atoms with Crippen molar-refractivity contribution in [2.75, 3.05) is 37.2 Å². The maximum absolute atomic E-state index is 13.2. The van der Waals surface area contributed by atoms with Crippen LogP contribution in [-0.2, 0) is 0 Å². The molecule has 1 saturated heterocycles. The number of likely N-dealkylation sites (tertiary alicyclic amines) is 1. The summed E-state index contributed by atoms with van der Waals surface area (Å²) < 4.78 is 13.2. The normalized spacial score (nSPS) is 17.6. The van der Waals surface area contributed by atoms with Crippen LogP contribution >= 0.6 is 11.6 Å². The molecule has 0 atom stereocenters. The monoisotopic (exact) mass is 285 g/mol. The number of nitrogen functional groups attached to an aromatic ring is 1. The van der Waals surface area contributed by atoms with Gasteiger partial charge < -0.3 is 16.0 Å². The minimum atomic E-state index is -0.471. The first kappa shape index (κ1) is 14.4. The van der Waals surface area contributed by atoms with Gasteiger partial charge in [0.1, 0.15) is 5.82 Å². The molecular weight excluding hydrogens is 265 g/mol. The summed E-state index contributed by atoms with van der Waals surface area (Å²) in [5, 5.41) is 3.40. The van der Waals surface area contributed by atoms with Crippen molar-refractivity contribution in [2.24, 2.45) is 5.92 Å². The lowest BCUT2D eigenvalue weighted by atomic mass is 9.96. The second kappa shape index (κ2) is 6.44. The first-order valence-corrected chi connectivity index (χ1v) is 7.18. The summed E-state index contributed by atoms with van der Waals surface area (Å²) in [5.41, 5.74) is 6.92. The van der Waals surface area contributed by atoms with Crippen LogP contribution in [-0.4, -0.2) is 31.1 Å². The quantitative estimate of drug-likeness (QED) is 0.835. The molecular formula is C14H21ClFN3. The molecule has 0 aliphatic carbocycles. The number of rotatable bonds is 4. The van der Waals surface area contributed by atoms with Crippen LogP contribution in [0.15, 0.2) is 12.1 Å². The lowest BCUT2D eigenvalue weighted by Crippen LogP contribution is -2.35. The fraction of sp³-hybridized carbons (Fsp3) is 0.571. The van der Waals surface area contributed by atoms with Gasteiger partial charge in [-0.25, -0.2) is 4.39 Å². The summed E-state index contributed by atoms with van der Waals surface area (Å²) in [6, 6.07) is 2.83. The Morgan fingerprint density at radius 1 is 1.42 bits per heavy atom. The van der Waals surface area contributed by atoms with Crippen molar-refractivity contribution in [3.63, 3.8) is 0 Å². The molecule has 0 spiro atoms. The second-order valence-corrected chi connectivity index (χ2v) is 5.52. The standard InChI is InChI=1S/C14H21ClFN3/c1-2-19-5-3-10(4-6-19)9-18-14-7-11(15)12(16)8-13(14)17/h7-8,10,18H,2-6,9,17H2,1H3. The SMILES string of the molecule is CCN1CCC(CNc2cc(Cl)c(F)cc2N)CC1. The molecule has 3 nitrogen and oxygen atoms in total. The van der Waals surface area contributed by atoms with E-state index in [4.69, 9.17) is 17.3 Å². The maximum atomic E-state index is 13.2. The van der Waals surface area contributed by atoms with Crippen molar-refractivity contribution in [2.45, 2.75) is 19.8 Å². The molecule has 106 valence electrons. The molecule has 1 fully saturated rings. The number of piperidine rings is 1. The Morgan fingerprint density at radius 2 is 2.11 bits per heavy atom. The van der Waals surface area contributed by atoms with E-state index < -0.39 is 5.82 Å².